The molecule has 92 valence electrons. The third-order valence-corrected chi connectivity index (χ3v) is 3.69. The average Bonchev–Trinajstić information content (AvgIpc) is 2.39. The van der Waals surface area contributed by atoms with Crippen LogP contribution in [-0.4, -0.2) is 12.2 Å². The van der Waals surface area contributed by atoms with Gasteiger partial charge in [0, 0.05) is 9.79 Å². The first-order chi connectivity index (χ1) is 8.72. The van der Waals surface area contributed by atoms with E-state index in [1.54, 1.807) is 23.9 Å². The van der Waals surface area contributed by atoms with Crippen LogP contribution in [0.5, 0.6) is 0 Å². The van der Waals surface area contributed by atoms with Crippen molar-refractivity contribution in [1.82, 2.24) is 0 Å². The molecule has 1 amide bonds. The Bertz CT molecular complexity index is 569. The maximum atomic E-state index is 12.1. The van der Waals surface area contributed by atoms with Crippen LogP contribution in [-0.2, 0) is 0 Å². The molecule has 2 rings (SSSR count). The number of hydrogen-bond acceptors (Lipinski definition) is 3. The van der Waals surface area contributed by atoms with Crippen LogP contribution in [0.4, 0.5) is 5.69 Å². The Kier molecular flexibility index (Phi) is 4.33. The lowest BCUT2D eigenvalue weighted by Crippen LogP contribution is -2.13. The lowest BCUT2D eigenvalue weighted by Gasteiger charge is -2.10. The van der Waals surface area contributed by atoms with E-state index in [-0.39, 0.29) is 5.91 Å². The van der Waals surface area contributed by atoms with E-state index < -0.39 is 0 Å². The van der Waals surface area contributed by atoms with E-state index >= 15 is 0 Å². The number of carbonyl (C=O) groups excluding carboxylic acids is 1. The first kappa shape index (κ1) is 13.1. The molecule has 0 saturated carbocycles. The number of carbonyl (C=O) groups is 1. The highest BCUT2D eigenvalue weighted by Crippen LogP contribution is 2.25. The molecule has 0 aromatic heterocycles. The highest BCUT2D eigenvalue weighted by Gasteiger charge is 2.10. The summed E-state index contributed by atoms with van der Waals surface area (Å²) < 4.78 is 0. The maximum Gasteiger partial charge on any atom is 0.256 e. The lowest BCUT2D eigenvalue weighted by atomic mass is 10.2. The molecule has 0 unspecified atom stereocenters. The predicted molar refractivity (Wildman–Crippen MR) is 79.9 cm³/mol. The van der Waals surface area contributed by atoms with E-state index in [1.807, 2.05) is 42.7 Å². The molecule has 0 radical (unpaired) electrons. The Morgan fingerprint density at radius 1 is 1.11 bits per heavy atom. The predicted octanol–water partition coefficient (Wildman–Crippen LogP) is 3.95. The lowest BCUT2D eigenvalue weighted by molar-refractivity contribution is 0.102. The molecule has 0 spiro atoms. The van der Waals surface area contributed by atoms with Gasteiger partial charge in [0.2, 0.25) is 0 Å². The minimum atomic E-state index is -0.137. The van der Waals surface area contributed by atoms with Crippen LogP contribution >= 0.6 is 24.4 Å². The average molecular weight is 275 g/mol. The van der Waals surface area contributed by atoms with Gasteiger partial charge in [0.1, 0.15) is 0 Å². The van der Waals surface area contributed by atoms with Crippen LogP contribution in [0.3, 0.4) is 0 Å². The molecule has 1 N–H and O–H groups in total. The van der Waals surface area contributed by atoms with Crippen molar-refractivity contribution in [3.8, 4) is 0 Å². The SMILES string of the molecule is CSc1ccccc1NC(=O)c1ccccc1S. The summed E-state index contributed by atoms with van der Waals surface area (Å²) >= 11 is 5.89. The number of benzene rings is 2. The number of thiol groups is 1. The molecule has 0 aliphatic carbocycles. The quantitative estimate of drug-likeness (QED) is 0.656. The van der Waals surface area contributed by atoms with E-state index in [9.17, 15) is 4.79 Å². The van der Waals surface area contributed by atoms with Crippen LogP contribution in [0.15, 0.2) is 58.3 Å². The molecular weight excluding hydrogens is 262 g/mol. The van der Waals surface area contributed by atoms with Crippen molar-refractivity contribution in [2.45, 2.75) is 9.79 Å². The van der Waals surface area contributed by atoms with Crippen molar-refractivity contribution in [1.29, 1.82) is 0 Å². The van der Waals surface area contributed by atoms with Crippen molar-refractivity contribution < 1.29 is 4.79 Å². The highest BCUT2D eigenvalue weighted by molar-refractivity contribution is 7.98. The summed E-state index contributed by atoms with van der Waals surface area (Å²) in [6, 6.07) is 15.0. The number of hydrogen-bond donors (Lipinski definition) is 2. The van der Waals surface area contributed by atoms with Gasteiger partial charge in [-0.1, -0.05) is 24.3 Å². The number of nitrogens with one attached hydrogen (secondary N) is 1. The zero-order valence-corrected chi connectivity index (χ0v) is 11.6. The van der Waals surface area contributed by atoms with Gasteiger partial charge in [0.25, 0.3) is 5.91 Å². The minimum absolute atomic E-state index is 0.137. The van der Waals surface area contributed by atoms with E-state index in [0.717, 1.165) is 10.6 Å². The van der Waals surface area contributed by atoms with Gasteiger partial charge in [0.05, 0.1) is 11.3 Å². The molecule has 0 atom stereocenters. The normalized spacial score (nSPS) is 10.1. The minimum Gasteiger partial charge on any atom is -0.321 e. The fraction of sp³-hybridized carbons (Fsp3) is 0.0714. The third-order valence-electron chi connectivity index (χ3n) is 2.50. The molecule has 2 nitrogen and oxygen atoms in total. The topological polar surface area (TPSA) is 29.1 Å². The smallest absolute Gasteiger partial charge is 0.256 e. The van der Waals surface area contributed by atoms with Crippen LogP contribution in [0.2, 0.25) is 0 Å². The molecule has 4 heteroatoms. The maximum absolute atomic E-state index is 12.1. The van der Waals surface area contributed by atoms with Gasteiger partial charge in [-0.05, 0) is 30.5 Å². The number of rotatable bonds is 3. The summed E-state index contributed by atoms with van der Waals surface area (Å²) in [4.78, 5) is 13.9. The zero-order valence-electron chi connectivity index (χ0n) is 9.88. The summed E-state index contributed by atoms with van der Waals surface area (Å²) in [5.41, 5.74) is 1.41. The Labute approximate surface area is 116 Å². The molecule has 0 aliphatic heterocycles. The summed E-state index contributed by atoms with van der Waals surface area (Å²) in [6.45, 7) is 0. The standard InChI is InChI=1S/C14H13NOS2/c1-18-13-9-5-3-7-11(13)15-14(16)10-6-2-4-8-12(10)17/h2-9,17H,1H3,(H,15,16). The van der Waals surface area contributed by atoms with Crippen LogP contribution in [0.1, 0.15) is 10.4 Å². The van der Waals surface area contributed by atoms with Gasteiger partial charge in [-0.3, -0.25) is 4.79 Å². The number of amides is 1. The van der Waals surface area contributed by atoms with Gasteiger partial charge >= 0.3 is 0 Å². The van der Waals surface area contributed by atoms with Crippen molar-refractivity contribution in [3.63, 3.8) is 0 Å². The van der Waals surface area contributed by atoms with Gasteiger partial charge in [-0.2, -0.15) is 0 Å². The fourth-order valence-corrected chi connectivity index (χ4v) is 2.42. The fourth-order valence-electron chi connectivity index (χ4n) is 1.60. The van der Waals surface area contributed by atoms with E-state index in [0.29, 0.717) is 10.5 Å². The Morgan fingerprint density at radius 3 is 2.50 bits per heavy atom. The van der Waals surface area contributed by atoms with Crippen molar-refractivity contribution >= 4 is 36.0 Å². The van der Waals surface area contributed by atoms with Gasteiger partial charge < -0.3 is 5.32 Å². The van der Waals surface area contributed by atoms with E-state index in [1.165, 1.54) is 0 Å². The Balaban J connectivity index is 2.24. The summed E-state index contributed by atoms with van der Waals surface area (Å²) in [5, 5.41) is 2.91. The molecule has 2 aromatic rings. The van der Waals surface area contributed by atoms with Gasteiger partial charge in [-0.15, -0.1) is 24.4 Å². The van der Waals surface area contributed by atoms with Gasteiger partial charge in [0.15, 0.2) is 0 Å². The van der Waals surface area contributed by atoms with Crippen LogP contribution in [0, 0.1) is 0 Å². The summed E-state index contributed by atoms with van der Waals surface area (Å²) in [7, 11) is 0. The molecule has 18 heavy (non-hydrogen) atoms. The first-order valence-electron chi connectivity index (χ1n) is 5.44. The molecule has 0 bridgehead atoms. The largest absolute Gasteiger partial charge is 0.321 e. The monoisotopic (exact) mass is 275 g/mol. The number of thioether (sulfide) groups is 1. The van der Waals surface area contributed by atoms with E-state index in [2.05, 4.69) is 17.9 Å². The Hall–Kier alpha value is -1.39. The van der Waals surface area contributed by atoms with Crippen LogP contribution in [0.25, 0.3) is 0 Å². The summed E-state index contributed by atoms with van der Waals surface area (Å²) in [5.74, 6) is -0.137. The van der Waals surface area contributed by atoms with Crippen molar-refractivity contribution in [2.24, 2.45) is 0 Å². The van der Waals surface area contributed by atoms with Crippen molar-refractivity contribution in [2.75, 3.05) is 11.6 Å². The number of anilines is 1. The second kappa shape index (κ2) is 5.98. The number of para-hydroxylation sites is 1. The zero-order chi connectivity index (χ0) is 13.0. The van der Waals surface area contributed by atoms with Crippen molar-refractivity contribution in [3.05, 3.63) is 54.1 Å². The second-order valence-corrected chi connectivity index (χ2v) is 5.00. The Morgan fingerprint density at radius 2 is 1.78 bits per heavy atom. The molecule has 0 heterocycles. The molecule has 0 fully saturated rings. The third kappa shape index (κ3) is 2.89. The summed E-state index contributed by atoms with van der Waals surface area (Å²) in [6.07, 6.45) is 1.98. The molecule has 2 aromatic carbocycles. The molecule has 0 saturated heterocycles. The first-order valence-corrected chi connectivity index (χ1v) is 7.12. The van der Waals surface area contributed by atoms with Gasteiger partial charge in [-0.25, -0.2) is 0 Å². The molecule has 0 aliphatic rings. The second-order valence-electron chi connectivity index (χ2n) is 3.67. The molecular formula is C14H13NOS2. The van der Waals surface area contributed by atoms with Crippen LogP contribution < -0.4 is 5.32 Å². The van der Waals surface area contributed by atoms with E-state index in [4.69, 9.17) is 0 Å². The highest BCUT2D eigenvalue weighted by atomic mass is 32.2.